The highest BCUT2D eigenvalue weighted by atomic mass is 19.4. The summed E-state index contributed by atoms with van der Waals surface area (Å²) in [6.07, 6.45) is -4.52. The number of nitrogens with zero attached hydrogens (tertiary/aromatic N) is 2. The fraction of sp³-hybridized carbons (Fsp3) is 0.333. The van der Waals surface area contributed by atoms with Crippen LogP contribution in [0.15, 0.2) is 18.2 Å². The molecule has 0 atom stereocenters. The Balaban J connectivity index is 3.13. The lowest BCUT2D eigenvalue weighted by atomic mass is 10.2. The van der Waals surface area contributed by atoms with Crippen LogP contribution in [0.3, 0.4) is 0 Å². The maximum Gasteiger partial charge on any atom is 0.405 e. The molecule has 0 fully saturated rings. The van der Waals surface area contributed by atoms with Crippen LogP contribution in [-0.2, 0) is 0 Å². The molecule has 0 unspecified atom stereocenters. The van der Waals surface area contributed by atoms with E-state index in [1.807, 2.05) is 0 Å². The van der Waals surface area contributed by atoms with Crippen molar-refractivity contribution >= 4 is 11.4 Å². The molecule has 0 spiro atoms. The van der Waals surface area contributed by atoms with Gasteiger partial charge in [0.2, 0.25) is 5.82 Å². The van der Waals surface area contributed by atoms with Gasteiger partial charge in [-0.1, -0.05) is 6.07 Å². The van der Waals surface area contributed by atoms with Crippen LogP contribution in [0.1, 0.15) is 0 Å². The van der Waals surface area contributed by atoms with E-state index in [9.17, 15) is 27.7 Å². The van der Waals surface area contributed by atoms with Crippen LogP contribution in [0.4, 0.5) is 28.9 Å². The molecule has 0 bridgehead atoms. The number of benzene rings is 1. The molecule has 1 aromatic carbocycles. The molecule has 0 aromatic heterocycles. The van der Waals surface area contributed by atoms with Gasteiger partial charge in [-0.25, -0.2) is 0 Å². The lowest BCUT2D eigenvalue weighted by Gasteiger charge is -2.20. The minimum Gasteiger partial charge on any atom is -0.360 e. The zero-order valence-corrected chi connectivity index (χ0v) is 8.66. The number of halogens is 4. The van der Waals surface area contributed by atoms with Gasteiger partial charge in [-0.15, -0.1) is 0 Å². The van der Waals surface area contributed by atoms with Crippen molar-refractivity contribution in [1.82, 2.24) is 0 Å². The second-order valence-corrected chi connectivity index (χ2v) is 3.34. The van der Waals surface area contributed by atoms with Crippen LogP contribution in [0.25, 0.3) is 0 Å². The van der Waals surface area contributed by atoms with Crippen molar-refractivity contribution in [3.8, 4) is 0 Å². The average Bonchev–Trinajstić information content (AvgIpc) is 2.13. The fourth-order valence-corrected chi connectivity index (χ4v) is 1.35. The van der Waals surface area contributed by atoms with Crippen molar-refractivity contribution in [2.45, 2.75) is 6.18 Å². The van der Waals surface area contributed by atoms with Gasteiger partial charge < -0.3 is 4.90 Å². The highest BCUT2D eigenvalue weighted by Crippen LogP contribution is 2.31. The largest absolute Gasteiger partial charge is 0.405 e. The molecule has 1 rings (SSSR count). The van der Waals surface area contributed by atoms with Gasteiger partial charge in [-0.3, -0.25) is 10.1 Å². The Morgan fingerprint density at radius 3 is 2.47 bits per heavy atom. The van der Waals surface area contributed by atoms with Gasteiger partial charge >= 0.3 is 11.9 Å². The van der Waals surface area contributed by atoms with E-state index in [1.54, 1.807) is 0 Å². The van der Waals surface area contributed by atoms with E-state index in [1.165, 1.54) is 0 Å². The van der Waals surface area contributed by atoms with Crippen molar-refractivity contribution in [2.75, 3.05) is 18.5 Å². The fourth-order valence-electron chi connectivity index (χ4n) is 1.35. The van der Waals surface area contributed by atoms with Gasteiger partial charge in [-0.05, 0) is 12.1 Å². The van der Waals surface area contributed by atoms with Crippen molar-refractivity contribution in [3.05, 3.63) is 34.1 Å². The van der Waals surface area contributed by atoms with E-state index in [0.717, 1.165) is 25.2 Å². The predicted molar refractivity (Wildman–Crippen MR) is 52.4 cm³/mol. The lowest BCUT2D eigenvalue weighted by Crippen LogP contribution is -2.31. The third kappa shape index (κ3) is 3.30. The highest BCUT2D eigenvalue weighted by Gasteiger charge is 2.32. The molecular weight excluding hydrogens is 244 g/mol. The SMILES string of the molecule is CN(CC(F)(F)F)c1cccc(F)c1[N+](=O)[O-]. The molecule has 0 aliphatic rings. The Labute approximate surface area is 93.6 Å². The summed E-state index contributed by atoms with van der Waals surface area (Å²) in [5.41, 5.74) is -1.37. The molecule has 0 heterocycles. The van der Waals surface area contributed by atoms with E-state index in [2.05, 4.69) is 0 Å². The summed E-state index contributed by atoms with van der Waals surface area (Å²) in [6, 6.07) is 3.00. The van der Waals surface area contributed by atoms with E-state index in [0.29, 0.717) is 4.90 Å². The molecule has 0 N–H and O–H groups in total. The number of hydrogen-bond donors (Lipinski definition) is 0. The van der Waals surface area contributed by atoms with Gasteiger partial charge in [0, 0.05) is 7.05 Å². The molecule has 0 saturated carbocycles. The van der Waals surface area contributed by atoms with Crippen LogP contribution >= 0.6 is 0 Å². The minimum atomic E-state index is -4.52. The van der Waals surface area contributed by atoms with Crippen molar-refractivity contribution in [1.29, 1.82) is 0 Å². The molecule has 17 heavy (non-hydrogen) atoms. The van der Waals surface area contributed by atoms with Crippen molar-refractivity contribution in [2.24, 2.45) is 0 Å². The molecule has 0 radical (unpaired) electrons. The quantitative estimate of drug-likeness (QED) is 0.472. The Morgan fingerprint density at radius 1 is 1.41 bits per heavy atom. The first-order valence-corrected chi connectivity index (χ1v) is 4.43. The predicted octanol–water partition coefficient (Wildman–Crippen LogP) is 2.73. The summed E-state index contributed by atoms with van der Waals surface area (Å²) in [6.45, 7) is -1.39. The summed E-state index contributed by atoms with van der Waals surface area (Å²) in [4.78, 5) is 10.1. The van der Waals surface area contributed by atoms with Crippen LogP contribution in [-0.4, -0.2) is 24.7 Å². The Morgan fingerprint density at radius 2 is 2.00 bits per heavy atom. The Bertz CT molecular complexity index is 433. The summed E-state index contributed by atoms with van der Waals surface area (Å²) in [5, 5.41) is 10.6. The molecule has 8 heteroatoms. The topological polar surface area (TPSA) is 46.4 Å². The van der Waals surface area contributed by atoms with Crippen LogP contribution < -0.4 is 4.90 Å². The lowest BCUT2D eigenvalue weighted by molar-refractivity contribution is -0.386. The van der Waals surface area contributed by atoms with Crippen molar-refractivity contribution in [3.63, 3.8) is 0 Å². The second kappa shape index (κ2) is 4.56. The molecule has 94 valence electrons. The second-order valence-electron chi connectivity index (χ2n) is 3.34. The van der Waals surface area contributed by atoms with Gasteiger partial charge in [0.25, 0.3) is 0 Å². The van der Waals surface area contributed by atoms with Crippen LogP contribution in [0, 0.1) is 15.9 Å². The first-order chi connectivity index (χ1) is 7.72. The maximum atomic E-state index is 13.1. The number of anilines is 1. The van der Waals surface area contributed by atoms with E-state index >= 15 is 0 Å². The summed E-state index contributed by atoms with van der Waals surface area (Å²) >= 11 is 0. The van der Waals surface area contributed by atoms with Gasteiger partial charge in [0.15, 0.2) is 0 Å². The summed E-state index contributed by atoms with van der Waals surface area (Å²) in [5.74, 6) is -1.17. The highest BCUT2D eigenvalue weighted by molar-refractivity contribution is 5.63. The zero-order valence-electron chi connectivity index (χ0n) is 8.66. The summed E-state index contributed by atoms with van der Waals surface area (Å²) in [7, 11) is 1.01. The monoisotopic (exact) mass is 252 g/mol. The molecule has 1 aromatic rings. The number of rotatable bonds is 3. The first kappa shape index (κ1) is 13.2. The van der Waals surface area contributed by atoms with Gasteiger partial charge in [-0.2, -0.15) is 17.6 Å². The third-order valence-corrected chi connectivity index (χ3v) is 1.98. The first-order valence-electron chi connectivity index (χ1n) is 4.43. The van der Waals surface area contributed by atoms with E-state index < -0.39 is 34.8 Å². The van der Waals surface area contributed by atoms with E-state index in [4.69, 9.17) is 0 Å². The number of para-hydroxylation sites is 1. The van der Waals surface area contributed by atoms with E-state index in [-0.39, 0.29) is 0 Å². The Hall–Kier alpha value is -1.86. The molecule has 0 saturated heterocycles. The number of hydrogen-bond acceptors (Lipinski definition) is 3. The average molecular weight is 252 g/mol. The standard InChI is InChI=1S/C9H8F4N2O2/c1-14(5-9(11,12)13)7-4-2-3-6(10)8(7)15(16)17/h2-4H,5H2,1H3. The number of nitro groups is 1. The molecular formula is C9H8F4N2O2. The minimum absolute atomic E-state index is 0.410. The van der Waals surface area contributed by atoms with Crippen molar-refractivity contribution < 1.29 is 22.5 Å². The Kier molecular flexibility index (Phi) is 3.54. The molecule has 0 amide bonds. The molecule has 0 aliphatic carbocycles. The van der Waals surface area contributed by atoms with Gasteiger partial charge in [0.1, 0.15) is 12.2 Å². The number of alkyl halides is 3. The number of nitro benzene ring substituents is 1. The smallest absolute Gasteiger partial charge is 0.360 e. The third-order valence-electron chi connectivity index (χ3n) is 1.98. The van der Waals surface area contributed by atoms with Crippen LogP contribution in [0.2, 0.25) is 0 Å². The summed E-state index contributed by atoms with van der Waals surface area (Å²) < 4.78 is 49.5. The normalized spacial score (nSPS) is 11.4. The van der Waals surface area contributed by atoms with Crippen LogP contribution in [0.5, 0.6) is 0 Å². The molecule has 4 nitrogen and oxygen atoms in total. The zero-order chi connectivity index (χ0) is 13.2. The maximum absolute atomic E-state index is 13.1. The van der Waals surface area contributed by atoms with Gasteiger partial charge in [0.05, 0.1) is 4.92 Å². The molecule has 0 aliphatic heterocycles.